The van der Waals surface area contributed by atoms with Gasteiger partial charge in [-0.2, -0.15) is 0 Å². The molecule has 0 spiro atoms. The van der Waals surface area contributed by atoms with Crippen LogP contribution in [0.25, 0.3) is 0 Å². The number of carbonyl (C=O) groups excluding carboxylic acids is 1. The fourth-order valence-corrected chi connectivity index (χ4v) is 5.10. The second-order valence-electron chi connectivity index (χ2n) is 10.4. The van der Waals surface area contributed by atoms with Crippen LogP contribution in [0.5, 0.6) is 0 Å². The molecule has 3 aliphatic rings. The number of ether oxygens (including phenoxy) is 2. The monoisotopic (exact) mass is 404 g/mol. The first-order chi connectivity index (χ1) is 13.7. The first-order valence-corrected chi connectivity index (χ1v) is 11.6. The average Bonchev–Trinajstić information content (AvgIpc) is 2.64. The van der Waals surface area contributed by atoms with Gasteiger partial charge in [-0.05, 0) is 54.4 Å². The van der Waals surface area contributed by atoms with E-state index in [1.54, 1.807) is 0 Å². The third-order valence-corrected chi connectivity index (χ3v) is 7.35. The van der Waals surface area contributed by atoms with Crippen molar-refractivity contribution in [2.24, 2.45) is 29.1 Å². The lowest BCUT2D eigenvalue weighted by molar-refractivity contribution is -0.160. The summed E-state index contributed by atoms with van der Waals surface area (Å²) in [5.74, 6) is 1.67. The Bertz CT molecular complexity index is 635. The van der Waals surface area contributed by atoms with Gasteiger partial charge in [0.25, 0.3) is 0 Å². The highest BCUT2D eigenvalue weighted by atomic mass is 16.5. The fraction of sp³-hybridized carbons (Fsp3) is 0.800. The zero-order valence-electron chi connectivity index (χ0n) is 18.9. The number of fused-ring (bicyclic) bond motifs is 1. The molecule has 0 bridgehead atoms. The van der Waals surface area contributed by atoms with E-state index in [1.807, 2.05) is 0 Å². The molecular formula is C25H40O4. The first-order valence-electron chi connectivity index (χ1n) is 11.6. The predicted molar refractivity (Wildman–Crippen MR) is 115 cm³/mol. The van der Waals surface area contributed by atoms with Crippen molar-refractivity contribution in [2.45, 2.75) is 91.5 Å². The van der Waals surface area contributed by atoms with Crippen molar-refractivity contribution in [3.05, 3.63) is 23.8 Å². The minimum absolute atomic E-state index is 0.137. The van der Waals surface area contributed by atoms with E-state index >= 15 is 0 Å². The summed E-state index contributed by atoms with van der Waals surface area (Å²) in [6, 6.07) is 0. The van der Waals surface area contributed by atoms with Crippen LogP contribution < -0.4 is 0 Å². The van der Waals surface area contributed by atoms with E-state index in [0.717, 1.165) is 32.3 Å². The van der Waals surface area contributed by atoms with Crippen molar-refractivity contribution in [2.75, 3.05) is 6.61 Å². The molecule has 0 aromatic heterocycles. The minimum atomic E-state index is -0.547. The SMILES string of the molecule is CCC(C)(C)COC1CC(C)C=C2C=CC(CCC3CC(O)CC(=O)O3)C(C)[C@H]21. The second kappa shape index (κ2) is 9.34. The van der Waals surface area contributed by atoms with Crippen LogP contribution in [-0.4, -0.2) is 36.0 Å². The Balaban J connectivity index is 1.65. The van der Waals surface area contributed by atoms with Gasteiger partial charge in [-0.3, -0.25) is 4.79 Å². The van der Waals surface area contributed by atoms with Gasteiger partial charge < -0.3 is 14.6 Å². The first kappa shape index (κ1) is 22.6. The molecule has 1 saturated heterocycles. The van der Waals surface area contributed by atoms with Crippen molar-refractivity contribution in [3.63, 3.8) is 0 Å². The fourth-order valence-electron chi connectivity index (χ4n) is 5.10. The molecule has 4 nitrogen and oxygen atoms in total. The maximum absolute atomic E-state index is 11.6. The predicted octanol–water partition coefficient (Wildman–Crippen LogP) is 5.06. The van der Waals surface area contributed by atoms with Gasteiger partial charge in [0, 0.05) is 12.3 Å². The summed E-state index contributed by atoms with van der Waals surface area (Å²) in [7, 11) is 0. The summed E-state index contributed by atoms with van der Waals surface area (Å²) >= 11 is 0. The largest absolute Gasteiger partial charge is 0.462 e. The molecule has 0 aromatic carbocycles. The lowest BCUT2D eigenvalue weighted by Crippen LogP contribution is -2.41. The zero-order chi connectivity index (χ0) is 21.2. The van der Waals surface area contributed by atoms with Gasteiger partial charge in [-0.15, -0.1) is 0 Å². The molecule has 3 rings (SSSR count). The standard InChI is InChI=1S/C25H40O4/c1-6-25(4,5)15-28-22-12-16(2)11-19-8-7-18(17(3)24(19)22)9-10-21-13-20(26)14-23(27)29-21/h7-8,11,16-18,20-22,24,26H,6,9-10,12-15H2,1-5H3/t16?,17?,18?,20?,21?,22?,24-/m1/s1. The van der Waals surface area contributed by atoms with Crippen molar-refractivity contribution in [3.8, 4) is 0 Å². The van der Waals surface area contributed by atoms with Gasteiger partial charge in [-0.25, -0.2) is 0 Å². The Kier molecular flexibility index (Phi) is 7.27. The van der Waals surface area contributed by atoms with Gasteiger partial charge in [-0.1, -0.05) is 52.8 Å². The zero-order valence-corrected chi connectivity index (χ0v) is 18.9. The Hall–Kier alpha value is -1.13. The summed E-state index contributed by atoms with van der Waals surface area (Å²) in [4.78, 5) is 11.6. The number of cyclic esters (lactones) is 1. The molecule has 7 atom stereocenters. The van der Waals surface area contributed by atoms with Crippen LogP contribution in [0, 0.1) is 29.1 Å². The van der Waals surface area contributed by atoms with E-state index in [4.69, 9.17) is 9.47 Å². The topological polar surface area (TPSA) is 55.8 Å². The molecule has 1 aliphatic heterocycles. The normalized spacial score (nSPS) is 37.7. The van der Waals surface area contributed by atoms with Crippen molar-refractivity contribution in [1.29, 1.82) is 0 Å². The van der Waals surface area contributed by atoms with E-state index in [0.29, 0.717) is 30.1 Å². The average molecular weight is 405 g/mol. The van der Waals surface area contributed by atoms with Crippen LogP contribution in [0.4, 0.5) is 0 Å². The molecule has 0 amide bonds. The quantitative estimate of drug-likeness (QED) is 0.603. The Morgan fingerprint density at radius 2 is 2.00 bits per heavy atom. The van der Waals surface area contributed by atoms with E-state index in [-0.39, 0.29) is 30.0 Å². The number of allylic oxidation sites excluding steroid dienone is 3. The molecule has 2 aliphatic carbocycles. The Morgan fingerprint density at radius 3 is 2.69 bits per heavy atom. The molecule has 1 fully saturated rings. The molecule has 29 heavy (non-hydrogen) atoms. The lowest BCUT2D eigenvalue weighted by atomic mass is 9.66. The van der Waals surface area contributed by atoms with Crippen LogP contribution in [0.1, 0.15) is 73.1 Å². The van der Waals surface area contributed by atoms with Gasteiger partial charge in [0.15, 0.2) is 0 Å². The van der Waals surface area contributed by atoms with E-state index in [9.17, 15) is 9.90 Å². The summed E-state index contributed by atoms with van der Waals surface area (Å²) in [6.07, 6.45) is 11.4. The molecular weight excluding hydrogens is 364 g/mol. The van der Waals surface area contributed by atoms with Crippen molar-refractivity contribution < 1.29 is 19.4 Å². The molecule has 0 saturated carbocycles. The smallest absolute Gasteiger partial charge is 0.308 e. The number of aliphatic hydroxyl groups excluding tert-OH is 1. The van der Waals surface area contributed by atoms with E-state index in [1.165, 1.54) is 5.57 Å². The molecule has 1 heterocycles. The summed E-state index contributed by atoms with van der Waals surface area (Å²) in [5.41, 5.74) is 1.65. The number of rotatable bonds is 7. The van der Waals surface area contributed by atoms with Gasteiger partial charge >= 0.3 is 5.97 Å². The summed E-state index contributed by atoms with van der Waals surface area (Å²) in [6.45, 7) is 12.2. The summed E-state index contributed by atoms with van der Waals surface area (Å²) < 4.78 is 12.0. The Morgan fingerprint density at radius 1 is 1.24 bits per heavy atom. The number of hydrogen-bond acceptors (Lipinski definition) is 4. The number of esters is 1. The third kappa shape index (κ3) is 5.73. The minimum Gasteiger partial charge on any atom is -0.462 e. The highest BCUT2D eigenvalue weighted by Crippen LogP contribution is 2.44. The molecule has 0 aromatic rings. The van der Waals surface area contributed by atoms with Crippen LogP contribution >= 0.6 is 0 Å². The number of hydrogen-bond donors (Lipinski definition) is 1. The van der Waals surface area contributed by atoms with Crippen LogP contribution in [0.3, 0.4) is 0 Å². The molecule has 164 valence electrons. The van der Waals surface area contributed by atoms with E-state index in [2.05, 4.69) is 52.8 Å². The highest BCUT2D eigenvalue weighted by Gasteiger charge is 2.40. The van der Waals surface area contributed by atoms with Gasteiger partial charge in [0.05, 0.1) is 25.2 Å². The van der Waals surface area contributed by atoms with Crippen LogP contribution in [0.2, 0.25) is 0 Å². The highest BCUT2D eigenvalue weighted by molar-refractivity contribution is 5.70. The number of aliphatic hydroxyl groups is 1. The van der Waals surface area contributed by atoms with Crippen LogP contribution in [-0.2, 0) is 14.3 Å². The maximum atomic E-state index is 11.6. The molecule has 6 unspecified atom stereocenters. The van der Waals surface area contributed by atoms with Gasteiger partial charge in [0.1, 0.15) is 6.10 Å². The number of carbonyl (C=O) groups is 1. The lowest BCUT2D eigenvalue weighted by Gasteiger charge is -2.43. The maximum Gasteiger partial charge on any atom is 0.308 e. The van der Waals surface area contributed by atoms with E-state index < -0.39 is 6.10 Å². The molecule has 1 N–H and O–H groups in total. The van der Waals surface area contributed by atoms with Crippen molar-refractivity contribution in [1.82, 2.24) is 0 Å². The Labute approximate surface area is 176 Å². The third-order valence-electron chi connectivity index (χ3n) is 7.35. The summed E-state index contributed by atoms with van der Waals surface area (Å²) in [5, 5.41) is 9.86. The van der Waals surface area contributed by atoms with Crippen LogP contribution in [0.15, 0.2) is 23.8 Å². The molecule has 4 heteroatoms. The molecule has 0 radical (unpaired) electrons. The van der Waals surface area contributed by atoms with Gasteiger partial charge in [0.2, 0.25) is 0 Å². The second-order valence-corrected chi connectivity index (χ2v) is 10.4. The van der Waals surface area contributed by atoms with Crippen molar-refractivity contribution >= 4 is 5.97 Å².